The Hall–Kier alpha value is -0.500. The molecule has 1 aliphatic rings. The fourth-order valence-corrected chi connectivity index (χ4v) is 4.19. The number of likely N-dealkylation sites (N-methyl/N-ethyl adjacent to an activating group) is 1. The number of nitrogens with zero attached hydrogens (tertiary/aromatic N) is 2. The van der Waals surface area contributed by atoms with Crippen molar-refractivity contribution in [3.8, 4) is 0 Å². The minimum atomic E-state index is -3.53. The molecule has 1 heterocycles. The van der Waals surface area contributed by atoms with Crippen LogP contribution in [0.15, 0.2) is 27.6 Å². The average Bonchev–Trinajstić information content (AvgIpc) is 2.82. The van der Waals surface area contributed by atoms with Crippen LogP contribution in [-0.4, -0.2) is 50.8 Å². The minimum Gasteiger partial charge on any atom is -0.305 e. The third kappa shape index (κ3) is 2.99. The fraction of sp³-hybridized carbons (Fsp3) is 0.500. The monoisotopic (exact) mass is 350 g/mol. The molecule has 0 amide bonds. The highest BCUT2D eigenvalue weighted by Crippen LogP contribution is 2.26. The van der Waals surface area contributed by atoms with E-state index in [1.807, 2.05) is 19.0 Å². The first-order valence-corrected chi connectivity index (χ1v) is 8.17. The van der Waals surface area contributed by atoms with Crippen molar-refractivity contribution in [2.24, 2.45) is 0 Å². The Bertz CT molecular complexity index is 577. The molecular formula is C12H16BrFN2O2S. The molecule has 2 rings (SSSR count). The van der Waals surface area contributed by atoms with Gasteiger partial charge in [-0.3, -0.25) is 0 Å². The predicted molar refractivity (Wildman–Crippen MR) is 75.0 cm³/mol. The van der Waals surface area contributed by atoms with Gasteiger partial charge in [-0.15, -0.1) is 0 Å². The molecule has 1 aliphatic heterocycles. The van der Waals surface area contributed by atoms with Crippen LogP contribution in [0.1, 0.15) is 6.42 Å². The predicted octanol–water partition coefficient (Wildman–Crippen LogP) is 1.91. The van der Waals surface area contributed by atoms with Crippen molar-refractivity contribution < 1.29 is 12.8 Å². The Morgan fingerprint density at radius 1 is 1.42 bits per heavy atom. The first-order valence-electron chi connectivity index (χ1n) is 5.94. The van der Waals surface area contributed by atoms with Crippen LogP contribution in [0.5, 0.6) is 0 Å². The molecule has 0 spiro atoms. The van der Waals surface area contributed by atoms with E-state index in [-0.39, 0.29) is 15.4 Å². The van der Waals surface area contributed by atoms with Crippen LogP contribution >= 0.6 is 15.9 Å². The van der Waals surface area contributed by atoms with E-state index in [0.717, 1.165) is 12.5 Å². The lowest BCUT2D eigenvalue weighted by Crippen LogP contribution is -2.34. The molecule has 0 radical (unpaired) electrons. The van der Waals surface area contributed by atoms with Gasteiger partial charge in [0.25, 0.3) is 0 Å². The van der Waals surface area contributed by atoms with E-state index in [1.165, 1.54) is 16.4 Å². The van der Waals surface area contributed by atoms with Crippen LogP contribution in [0.4, 0.5) is 4.39 Å². The first kappa shape index (κ1) is 14.9. The molecule has 1 fully saturated rings. The van der Waals surface area contributed by atoms with Gasteiger partial charge >= 0.3 is 0 Å². The molecular weight excluding hydrogens is 335 g/mol. The highest BCUT2D eigenvalue weighted by atomic mass is 79.9. The Kier molecular flexibility index (Phi) is 4.29. The summed E-state index contributed by atoms with van der Waals surface area (Å²) in [6, 6.07) is 4.02. The van der Waals surface area contributed by atoms with Crippen LogP contribution in [0.3, 0.4) is 0 Å². The second-order valence-electron chi connectivity index (χ2n) is 4.85. The summed E-state index contributed by atoms with van der Waals surface area (Å²) < 4.78 is 39.7. The van der Waals surface area contributed by atoms with Gasteiger partial charge in [0.1, 0.15) is 5.82 Å². The Labute approximate surface area is 121 Å². The summed E-state index contributed by atoms with van der Waals surface area (Å²) in [7, 11) is 0.345. The molecule has 0 aliphatic carbocycles. The van der Waals surface area contributed by atoms with Crippen molar-refractivity contribution in [3.05, 3.63) is 28.5 Å². The lowest BCUT2D eigenvalue weighted by molar-refractivity contribution is 0.302. The highest BCUT2D eigenvalue weighted by Gasteiger charge is 2.33. The molecule has 1 aromatic rings. The molecule has 19 heavy (non-hydrogen) atoms. The molecule has 0 saturated carbocycles. The molecule has 106 valence electrons. The smallest absolute Gasteiger partial charge is 0.243 e. The van der Waals surface area contributed by atoms with E-state index in [9.17, 15) is 12.8 Å². The zero-order valence-electron chi connectivity index (χ0n) is 10.8. The zero-order valence-corrected chi connectivity index (χ0v) is 13.2. The van der Waals surface area contributed by atoms with Crippen molar-refractivity contribution in [3.63, 3.8) is 0 Å². The SMILES string of the molecule is CN(C)C1CCN(S(=O)(=O)c2ccc(F)c(Br)c2)C1. The number of rotatable bonds is 3. The van der Waals surface area contributed by atoms with Gasteiger partial charge < -0.3 is 4.90 Å². The third-order valence-electron chi connectivity index (χ3n) is 3.39. The molecule has 0 bridgehead atoms. The van der Waals surface area contributed by atoms with Gasteiger partial charge in [-0.2, -0.15) is 4.31 Å². The molecule has 1 atom stereocenters. The van der Waals surface area contributed by atoms with Gasteiger partial charge in [-0.1, -0.05) is 0 Å². The number of benzene rings is 1. The zero-order chi connectivity index (χ0) is 14.2. The highest BCUT2D eigenvalue weighted by molar-refractivity contribution is 9.10. The van der Waals surface area contributed by atoms with Crippen molar-refractivity contribution in [1.82, 2.24) is 9.21 Å². The van der Waals surface area contributed by atoms with Gasteiger partial charge in [0.05, 0.1) is 9.37 Å². The average molecular weight is 351 g/mol. The van der Waals surface area contributed by atoms with Crippen LogP contribution in [0, 0.1) is 5.82 Å². The lowest BCUT2D eigenvalue weighted by Gasteiger charge is -2.20. The maximum Gasteiger partial charge on any atom is 0.243 e. The largest absolute Gasteiger partial charge is 0.305 e. The van der Waals surface area contributed by atoms with Gasteiger partial charge in [0.2, 0.25) is 10.0 Å². The summed E-state index contributed by atoms with van der Waals surface area (Å²) in [6.07, 6.45) is 0.814. The third-order valence-corrected chi connectivity index (χ3v) is 5.85. The molecule has 4 nitrogen and oxygen atoms in total. The maximum absolute atomic E-state index is 13.2. The second kappa shape index (κ2) is 5.47. The summed E-state index contributed by atoms with van der Waals surface area (Å²) in [4.78, 5) is 2.15. The summed E-state index contributed by atoms with van der Waals surface area (Å²) in [5.41, 5.74) is 0. The maximum atomic E-state index is 13.2. The van der Waals surface area contributed by atoms with Crippen molar-refractivity contribution in [1.29, 1.82) is 0 Å². The van der Waals surface area contributed by atoms with Crippen molar-refractivity contribution in [2.75, 3.05) is 27.2 Å². The molecule has 1 aromatic carbocycles. The van der Waals surface area contributed by atoms with Gasteiger partial charge in [-0.25, -0.2) is 12.8 Å². The number of hydrogen-bond donors (Lipinski definition) is 0. The van der Waals surface area contributed by atoms with E-state index in [2.05, 4.69) is 15.9 Å². The molecule has 1 saturated heterocycles. The van der Waals surface area contributed by atoms with Crippen LogP contribution in [0.2, 0.25) is 0 Å². The summed E-state index contributed by atoms with van der Waals surface area (Å²) >= 11 is 3.02. The number of halogens is 2. The summed E-state index contributed by atoms with van der Waals surface area (Å²) in [5.74, 6) is -0.466. The Morgan fingerprint density at radius 3 is 2.63 bits per heavy atom. The Balaban J connectivity index is 2.26. The van der Waals surface area contributed by atoms with E-state index >= 15 is 0 Å². The quantitative estimate of drug-likeness (QED) is 0.835. The minimum absolute atomic E-state index is 0.125. The van der Waals surface area contributed by atoms with E-state index in [1.54, 1.807) is 0 Å². The van der Waals surface area contributed by atoms with Crippen LogP contribution < -0.4 is 0 Å². The van der Waals surface area contributed by atoms with Crippen molar-refractivity contribution >= 4 is 26.0 Å². The normalized spacial score (nSPS) is 21.2. The number of hydrogen-bond acceptors (Lipinski definition) is 3. The van der Waals surface area contributed by atoms with Crippen LogP contribution in [0.25, 0.3) is 0 Å². The van der Waals surface area contributed by atoms with Gasteiger partial charge in [-0.05, 0) is 54.6 Å². The van der Waals surface area contributed by atoms with E-state index in [4.69, 9.17) is 0 Å². The standard InChI is InChI=1S/C12H16BrFN2O2S/c1-15(2)9-5-6-16(8-9)19(17,18)10-3-4-12(14)11(13)7-10/h3-4,7,9H,5-6,8H2,1-2H3. The van der Waals surface area contributed by atoms with E-state index in [0.29, 0.717) is 13.1 Å². The molecule has 0 N–H and O–H groups in total. The molecule has 7 heteroatoms. The van der Waals surface area contributed by atoms with E-state index < -0.39 is 15.8 Å². The fourth-order valence-electron chi connectivity index (χ4n) is 2.14. The number of sulfonamides is 1. The molecule has 0 aromatic heterocycles. The van der Waals surface area contributed by atoms with Gasteiger partial charge in [0, 0.05) is 19.1 Å². The summed E-state index contributed by atoms with van der Waals surface area (Å²) in [6.45, 7) is 0.977. The summed E-state index contributed by atoms with van der Waals surface area (Å²) in [5, 5.41) is 0. The molecule has 1 unspecified atom stereocenters. The van der Waals surface area contributed by atoms with Crippen molar-refractivity contribution in [2.45, 2.75) is 17.4 Å². The van der Waals surface area contributed by atoms with Crippen LogP contribution in [-0.2, 0) is 10.0 Å². The topological polar surface area (TPSA) is 40.6 Å². The van der Waals surface area contributed by atoms with Gasteiger partial charge in [0.15, 0.2) is 0 Å². The lowest BCUT2D eigenvalue weighted by atomic mass is 10.2. The second-order valence-corrected chi connectivity index (χ2v) is 7.64. The first-order chi connectivity index (χ1) is 8.82. The Morgan fingerprint density at radius 2 is 2.11 bits per heavy atom.